The van der Waals surface area contributed by atoms with E-state index in [1.165, 1.54) is 11.8 Å². The molecule has 1 aliphatic heterocycles. The van der Waals surface area contributed by atoms with Gasteiger partial charge in [0.25, 0.3) is 0 Å². The summed E-state index contributed by atoms with van der Waals surface area (Å²) in [6.45, 7) is 5.01. The topological polar surface area (TPSA) is 46.5 Å². The van der Waals surface area contributed by atoms with Gasteiger partial charge in [-0.05, 0) is 26.7 Å². The van der Waals surface area contributed by atoms with Gasteiger partial charge in [-0.1, -0.05) is 0 Å². The third-order valence-corrected chi connectivity index (χ3v) is 3.56. The van der Waals surface area contributed by atoms with Crippen LogP contribution in [0.25, 0.3) is 0 Å². The van der Waals surface area contributed by atoms with Gasteiger partial charge in [0.15, 0.2) is 0 Å². The minimum Gasteiger partial charge on any atom is -0.480 e. The predicted molar refractivity (Wildman–Crippen MR) is 53.1 cm³/mol. The molecule has 1 heterocycles. The SMILES string of the molecule is CC(C)(SC1CCCOC1)C(=O)O. The van der Waals surface area contributed by atoms with Crippen molar-refractivity contribution in [3.8, 4) is 0 Å². The molecule has 0 saturated carbocycles. The van der Waals surface area contributed by atoms with E-state index in [1.807, 2.05) is 0 Å². The van der Waals surface area contributed by atoms with Crippen LogP contribution < -0.4 is 0 Å². The Morgan fingerprint density at radius 3 is 2.77 bits per heavy atom. The van der Waals surface area contributed by atoms with Crippen LogP contribution in [-0.4, -0.2) is 34.3 Å². The van der Waals surface area contributed by atoms with Crippen molar-refractivity contribution in [2.24, 2.45) is 0 Å². The molecule has 4 heteroatoms. The lowest BCUT2D eigenvalue weighted by Crippen LogP contribution is -2.32. The van der Waals surface area contributed by atoms with Crippen molar-refractivity contribution in [3.05, 3.63) is 0 Å². The Kier molecular flexibility index (Phi) is 3.62. The number of ether oxygens (including phenoxy) is 1. The Bertz CT molecular complexity index is 185. The Morgan fingerprint density at radius 2 is 2.31 bits per heavy atom. The molecule has 1 fully saturated rings. The quantitative estimate of drug-likeness (QED) is 0.761. The molecule has 0 aliphatic carbocycles. The molecular formula is C9H16O3S. The second kappa shape index (κ2) is 4.33. The van der Waals surface area contributed by atoms with Gasteiger partial charge in [-0.2, -0.15) is 0 Å². The predicted octanol–water partition coefficient (Wildman–Crippen LogP) is 1.76. The average Bonchev–Trinajstić information content (AvgIpc) is 2.05. The molecule has 0 aromatic rings. The van der Waals surface area contributed by atoms with E-state index in [9.17, 15) is 4.79 Å². The van der Waals surface area contributed by atoms with Crippen LogP contribution in [0.4, 0.5) is 0 Å². The van der Waals surface area contributed by atoms with E-state index in [1.54, 1.807) is 13.8 Å². The maximum absolute atomic E-state index is 10.8. The van der Waals surface area contributed by atoms with Gasteiger partial charge in [-0.25, -0.2) is 0 Å². The minimum atomic E-state index is -0.747. The van der Waals surface area contributed by atoms with Crippen molar-refractivity contribution in [1.82, 2.24) is 0 Å². The normalized spacial score (nSPS) is 24.3. The van der Waals surface area contributed by atoms with E-state index in [0.717, 1.165) is 19.4 Å². The maximum Gasteiger partial charge on any atom is 0.319 e. The van der Waals surface area contributed by atoms with Crippen molar-refractivity contribution >= 4 is 17.7 Å². The van der Waals surface area contributed by atoms with Crippen LogP contribution in [0.2, 0.25) is 0 Å². The lowest BCUT2D eigenvalue weighted by atomic mass is 10.2. The molecule has 0 bridgehead atoms. The monoisotopic (exact) mass is 204 g/mol. The summed E-state index contributed by atoms with van der Waals surface area (Å²) in [5.74, 6) is -0.747. The van der Waals surface area contributed by atoms with Gasteiger partial charge in [0.2, 0.25) is 0 Å². The second-order valence-electron chi connectivity index (χ2n) is 3.77. The third kappa shape index (κ3) is 3.19. The van der Waals surface area contributed by atoms with Gasteiger partial charge in [0, 0.05) is 11.9 Å². The molecule has 1 atom stereocenters. The molecule has 0 aromatic carbocycles. The van der Waals surface area contributed by atoms with E-state index in [0.29, 0.717) is 11.9 Å². The maximum atomic E-state index is 10.8. The average molecular weight is 204 g/mol. The number of rotatable bonds is 3. The van der Waals surface area contributed by atoms with Crippen molar-refractivity contribution < 1.29 is 14.6 Å². The van der Waals surface area contributed by atoms with Crippen LogP contribution in [0.5, 0.6) is 0 Å². The third-order valence-electron chi connectivity index (χ3n) is 2.09. The number of carboxylic acids is 1. The molecule has 0 radical (unpaired) electrons. The zero-order valence-corrected chi connectivity index (χ0v) is 8.89. The van der Waals surface area contributed by atoms with Crippen LogP contribution in [0.15, 0.2) is 0 Å². The van der Waals surface area contributed by atoms with Crippen LogP contribution in [0.1, 0.15) is 26.7 Å². The molecular weight excluding hydrogens is 188 g/mol. The Morgan fingerprint density at radius 1 is 1.62 bits per heavy atom. The number of hydrogen-bond acceptors (Lipinski definition) is 3. The zero-order chi connectivity index (χ0) is 9.90. The molecule has 13 heavy (non-hydrogen) atoms. The molecule has 0 spiro atoms. The van der Waals surface area contributed by atoms with Crippen LogP contribution in [0.3, 0.4) is 0 Å². The molecule has 0 amide bonds. The first kappa shape index (κ1) is 10.9. The highest BCUT2D eigenvalue weighted by Gasteiger charge is 2.32. The number of hydrogen-bond donors (Lipinski definition) is 1. The summed E-state index contributed by atoms with van der Waals surface area (Å²) in [5.41, 5.74) is 0. The first-order valence-electron chi connectivity index (χ1n) is 4.51. The van der Waals surface area contributed by atoms with E-state index in [-0.39, 0.29) is 0 Å². The summed E-state index contributed by atoms with van der Waals surface area (Å²) in [6.07, 6.45) is 2.12. The van der Waals surface area contributed by atoms with Crippen molar-refractivity contribution in [2.75, 3.05) is 13.2 Å². The highest BCUT2D eigenvalue weighted by atomic mass is 32.2. The van der Waals surface area contributed by atoms with Crippen LogP contribution >= 0.6 is 11.8 Å². The fourth-order valence-electron chi connectivity index (χ4n) is 1.27. The molecule has 1 saturated heterocycles. The first-order valence-corrected chi connectivity index (χ1v) is 5.39. The fourth-order valence-corrected chi connectivity index (χ4v) is 2.65. The number of carboxylic acid groups (broad SMARTS) is 1. The molecule has 1 rings (SSSR count). The van der Waals surface area contributed by atoms with E-state index >= 15 is 0 Å². The van der Waals surface area contributed by atoms with Crippen LogP contribution in [0, 0.1) is 0 Å². The Balaban J connectivity index is 2.41. The van der Waals surface area contributed by atoms with Gasteiger partial charge >= 0.3 is 5.97 Å². The summed E-state index contributed by atoms with van der Waals surface area (Å²) in [6, 6.07) is 0. The van der Waals surface area contributed by atoms with Gasteiger partial charge in [0.1, 0.15) is 4.75 Å². The minimum absolute atomic E-state index is 0.347. The zero-order valence-electron chi connectivity index (χ0n) is 8.08. The number of aliphatic carboxylic acids is 1. The van der Waals surface area contributed by atoms with Crippen LogP contribution in [-0.2, 0) is 9.53 Å². The smallest absolute Gasteiger partial charge is 0.319 e. The first-order chi connectivity index (χ1) is 6.02. The highest BCUT2D eigenvalue weighted by molar-refractivity contribution is 8.01. The summed E-state index contributed by atoms with van der Waals surface area (Å²) >= 11 is 1.51. The van der Waals surface area contributed by atoms with E-state index in [4.69, 9.17) is 9.84 Å². The second-order valence-corrected chi connectivity index (χ2v) is 5.70. The van der Waals surface area contributed by atoms with Crippen molar-refractivity contribution in [3.63, 3.8) is 0 Å². The summed E-state index contributed by atoms with van der Waals surface area (Å²) < 4.78 is 4.60. The molecule has 1 aliphatic rings. The lowest BCUT2D eigenvalue weighted by Gasteiger charge is -2.28. The summed E-state index contributed by atoms with van der Waals surface area (Å²) in [4.78, 5) is 10.8. The molecule has 76 valence electrons. The van der Waals surface area contributed by atoms with Gasteiger partial charge in [-0.15, -0.1) is 11.8 Å². The standard InChI is InChI=1S/C9H16O3S/c1-9(2,8(10)11)13-7-4-3-5-12-6-7/h7H,3-6H2,1-2H3,(H,10,11). The van der Waals surface area contributed by atoms with Crippen molar-refractivity contribution in [1.29, 1.82) is 0 Å². The number of carbonyl (C=O) groups is 1. The van der Waals surface area contributed by atoms with E-state index < -0.39 is 10.7 Å². The van der Waals surface area contributed by atoms with Gasteiger partial charge in [0.05, 0.1) is 6.61 Å². The Hall–Kier alpha value is -0.220. The molecule has 3 nitrogen and oxygen atoms in total. The Labute approximate surface area is 82.8 Å². The molecule has 1 unspecified atom stereocenters. The molecule has 0 aromatic heterocycles. The van der Waals surface area contributed by atoms with Gasteiger partial charge < -0.3 is 9.84 Å². The fraction of sp³-hybridized carbons (Fsp3) is 0.889. The summed E-state index contributed by atoms with van der Waals surface area (Å²) in [5, 5.41) is 9.26. The van der Waals surface area contributed by atoms with E-state index in [2.05, 4.69) is 0 Å². The summed E-state index contributed by atoms with van der Waals surface area (Å²) in [7, 11) is 0. The molecule has 1 N–H and O–H groups in total. The van der Waals surface area contributed by atoms with Gasteiger partial charge in [-0.3, -0.25) is 4.79 Å². The lowest BCUT2D eigenvalue weighted by molar-refractivity contribution is -0.138. The number of thioether (sulfide) groups is 1. The highest BCUT2D eigenvalue weighted by Crippen LogP contribution is 2.32. The van der Waals surface area contributed by atoms with Crippen molar-refractivity contribution in [2.45, 2.75) is 36.7 Å². The largest absolute Gasteiger partial charge is 0.480 e.